The first-order valence-corrected chi connectivity index (χ1v) is 6.45. The van der Waals surface area contributed by atoms with Crippen LogP contribution < -0.4 is 0 Å². The van der Waals surface area contributed by atoms with Crippen molar-refractivity contribution >= 4 is 5.78 Å². The van der Waals surface area contributed by atoms with Crippen molar-refractivity contribution in [2.24, 2.45) is 5.92 Å². The lowest BCUT2D eigenvalue weighted by Crippen LogP contribution is -2.19. The Balaban J connectivity index is 2.19. The molecule has 2 rings (SSSR count). The summed E-state index contributed by atoms with van der Waals surface area (Å²) in [5.41, 5.74) is 2.18. The Kier molecular flexibility index (Phi) is 3.76. The Morgan fingerprint density at radius 3 is 2.56 bits per heavy atom. The van der Waals surface area contributed by atoms with Crippen LogP contribution >= 0.6 is 0 Å². The van der Waals surface area contributed by atoms with Gasteiger partial charge in [-0.2, -0.15) is 0 Å². The molecule has 1 fully saturated rings. The highest BCUT2D eigenvalue weighted by atomic mass is 16.1. The van der Waals surface area contributed by atoms with Gasteiger partial charge >= 0.3 is 0 Å². The Bertz CT molecular complexity index is 361. The van der Waals surface area contributed by atoms with Crippen molar-refractivity contribution in [3.05, 3.63) is 35.4 Å². The van der Waals surface area contributed by atoms with Crippen LogP contribution in [0.5, 0.6) is 0 Å². The van der Waals surface area contributed by atoms with E-state index in [0.29, 0.717) is 11.7 Å². The summed E-state index contributed by atoms with van der Waals surface area (Å²) in [6.45, 7) is 2.12. The molecule has 0 aliphatic heterocycles. The highest BCUT2D eigenvalue weighted by molar-refractivity contribution is 5.99. The second-order valence-electron chi connectivity index (χ2n) is 4.71. The first-order chi connectivity index (χ1) is 7.83. The molecule has 1 aromatic carbocycles. The van der Waals surface area contributed by atoms with Gasteiger partial charge in [-0.25, -0.2) is 0 Å². The van der Waals surface area contributed by atoms with Gasteiger partial charge < -0.3 is 0 Å². The molecule has 0 unspecified atom stereocenters. The fourth-order valence-electron chi connectivity index (χ4n) is 2.65. The van der Waals surface area contributed by atoms with E-state index in [1.165, 1.54) is 24.8 Å². The number of Topliss-reactive ketones (excluding diaryl/α,β-unsaturated/α-hetero) is 1. The van der Waals surface area contributed by atoms with Crippen LogP contribution in [0.15, 0.2) is 24.3 Å². The lowest BCUT2D eigenvalue weighted by molar-refractivity contribution is 0.0888. The number of carbonyl (C=O) groups is 1. The predicted octanol–water partition coefficient (Wildman–Crippen LogP) is 4.01. The molecule has 1 aromatic rings. The summed E-state index contributed by atoms with van der Waals surface area (Å²) in [7, 11) is 0. The maximum absolute atomic E-state index is 12.4. The minimum absolute atomic E-state index is 0.293. The lowest BCUT2D eigenvalue weighted by Gasteiger charge is -2.21. The van der Waals surface area contributed by atoms with E-state index in [1.54, 1.807) is 0 Å². The third kappa shape index (κ3) is 2.34. The van der Waals surface area contributed by atoms with Crippen LogP contribution in [0.2, 0.25) is 0 Å². The van der Waals surface area contributed by atoms with E-state index in [9.17, 15) is 4.79 Å². The number of hydrogen-bond donors (Lipinski definition) is 0. The van der Waals surface area contributed by atoms with Crippen LogP contribution in [0.25, 0.3) is 0 Å². The smallest absolute Gasteiger partial charge is 0.166 e. The van der Waals surface area contributed by atoms with E-state index in [4.69, 9.17) is 0 Å². The zero-order chi connectivity index (χ0) is 11.4. The number of aryl methyl sites for hydroxylation is 1. The fraction of sp³-hybridized carbons (Fsp3) is 0.533. The van der Waals surface area contributed by atoms with E-state index < -0.39 is 0 Å². The minimum atomic E-state index is 0.293. The molecule has 1 aliphatic carbocycles. The number of ketones is 1. The van der Waals surface area contributed by atoms with Gasteiger partial charge in [-0.1, -0.05) is 50.5 Å². The Labute approximate surface area is 97.9 Å². The Hall–Kier alpha value is -1.11. The summed E-state index contributed by atoms with van der Waals surface area (Å²) in [5, 5.41) is 0. The van der Waals surface area contributed by atoms with Gasteiger partial charge in [-0.15, -0.1) is 0 Å². The first kappa shape index (κ1) is 11.4. The SMILES string of the molecule is CCc1ccccc1C(=O)C1CCCCC1. The van der Waals surface area contributed by atoms with E-state index in [1.807, 2.05) is 18.2 Å². The maximum atomic E-state index is 12.4. The number of hydrogen-bond acceptors (Lipinski definition) is 1. The fourth-order valence-corrected chi connectivity index (χ4v) is 2.65. The molecule has 0 amide bonds. The second-order valence-corrected chi connectivity index (χ2v) is 4.71. The maximum Gasteiger partial charge on any atom is 0.166 e. The molecule has 1 saturated carbocycles. The molecule has 0 bridgehead atoms. The van der Waals surface area contributed by atoms with E-state index in [0.717, 1.165) is 24.8 Å². The summed E-state index contributed by atoms with van der Waals surface area (Å²) < 4.78 is 0. The molecule has 0 aromatic heterocycles. The third-order valence-electron chi connectivity index (χ3n) is 3.64. The predicted molar refractivity (Wildman–Crippen MR) is 66.7 cm³/mol. The number of rotatable bonds is 3. The zero-order valence-electron chi connectivity index (χ0n) is 10.0. The van der Waals surface area contributed by atoms with Gasteiger partial charge in [0.15, 0.2) is 5.78 Å². The summed E-state index contributed by atoms with van der Waals surface area (Å²) in [4.78, 5) is 12.4. The highest BCUT2D eigenvalue weighted by Crippen LogP contribution is 2.27. The normalized spacial score (nSPS) is 17.3. The summed E-state index contributed by atoms with van der Waals surface area (Å²) in [5.74, 6) is 0.679. The molecule has 0 N–H and O–H groups in total. The molecular weight excluding hydrogens is 196 g/mol. The zero-order valence-corrected chi connectivity index (χ0v) is 10.0. The summed E-state index contributed by atoms with van der Waals surface area (Å²) in [6, 6.07) is 8.08. The van der Waals surface area contributed by atoms with Crippen molar-refractivity contribution in [1.82, 2.24) is 0 Å². The number of benzene rings is 1. The Morgan fingerprint density at radius 2 is 1.88 bits per heavy atom. The second kappa shape index (κ2) is 5.29. The van der Waals surface area contributed by atoms with Crippen LogP contribution in [0.4, 0.5) is 0 Å². The van der Waals surface area contributed by atoms with E-state index >= 15 is 0 Å². The average Bonchev–Trinajstić information content (AvgIpc) is 2.39. The van der Waals surface area contributed by atoms with Crippen molar-refractivity contribution in [3.63, 3.8) is 0 Å². The molecule has 1 nitrogen and oxygen atoms in total. The highest BCUT2D eigenvalue weighted by Gasteiger charge is 2.23. The van der Waals surface area contributed by atoms with E-state index in [2.05, 4.69) is 13.0 Å². The van der Waals surface area contributed by atoms with Crippen molar-refractivity contribution in [1.29, 1.82) is 0 Å². The van der Waals surface area contributed by atoms with Crippen molar-refractivity contribution in [2.45, 2.75) is 45.4 Å². The molecule has 0 spiro atoms. The van der Waals surface area contributed by atoms with Crippen LogP contribution in [0.3, 0.4) is 0 Å². The van der Waals surface area contributed by atoms with Crippen LogP contribution in [-0.2, 0) is 6.42 Å². The average molecular weight is 216 g/mol. The van der Waals surface area contributed by atoms with Crippen molar-refractivity contribution < 1.29 is 4.79 Å². The molecule has 16 heavy (non-hydrogen) atoms. The van der Waals surface area contributed by atoms with Gasteiger partial charge in [0.05, 0.1) is 0 Å². The molecule has 1 aliphatic rings. The summed E-state index contributed by atoms with van der Waals surface area (Å²) >= 11 is 0. The standard InChI is InChI=1S/C15H20O/c1-2-12-8-6-7-11-14(12)15(16)13-9-4-3-5-10-13/h6-8,11,13H,2-5,9-10H2,1H3. The molecule has 86 valence electrons. The van der Waals surface area contributed by atoms with Crippen molar-refractivity contribution in [3.8, 4) is 0 Å². The first-order valence-electron chi connectivity index (χ1n) is 6.45. The molecule has 0 radical (unpaired) electrons. The van der Waals surface area contributed by atoms with Crippen LogP contribution in [0.1, 0.15) is 54.9 Å². The van der Waals surface area contributed by atoms with Crippen LogP contribution in [0, 0.1) is 5.92 Å². The largest absolute Gasteiger partial charge is 0.294 e. The quantitative estimate of drug-likeness (QED) is 0.698. The van der Waals surface area contributed by atoms with Crippen LogP contribution in [-0.4, -0.2) is 5.78 Å². The van der Waals surface area contributed by atoms with Gasteiger partial charge in [0.1, 0.15) is 0 Å². The molecule has 0 saturated heterocycles. The van der Waals surface area contributed by atoms with Gasteiger partial charge in [-0.05, 0) is 24.8 Å². The summed E-state index contributed by atoms with van der Waals surface area (Å²) in [6.07, 6.45) is 6.90. The molecular formula is C15H20O. The van der Waals surface area contributed by atoms with Gasteiger partial charge in [0.25, 0.3) is 0 Å². The minimum Gasteiger partial charge on any atom is -0.294 e. The monoisotopic (exact) mass is 216 g/mol. The van der Waals surface area contributed by atoms with Gasteiger partial charge in [0, 0.05) is 11.5 Å². The Morgan fingerprint density at radius 1 is 1.19 bits per heavy atom. The third-order valence-corrected chi connectivity index (χ3v) is 3.64. The van der Waals surface area contributed by atoms with Gasteiger partial charge in [-0.3, -0.25) is 4.79 Å². The van der Waals surface area contributed by atoms with Gasteiger partial charge in [0.2, 0.25) is 0 Å². The molecule has 0 heterocycles. The topological polar surface area (TPSA) is 17.1 Å². The molecule has 1 heteroatoms. The number of carbonyl (C=O) groups excluding carboxylic acids is 1. The van der Waals surface area contributed by atoms with Crippen molar-refractivity contribution in [2.75, 3.05) is 0 Å². The van der Waals surface area contributed by atoms with E-state index in [-0.39, 0.29) is 0 Å². The molecule has 0 atom stereocenters. The lowest BCUT2D eigenvalue weighted by atomic mass is 9.82.